The fourth-order valence-electron chi connectivity index (χ4n) is 5.24. The molecule has 192 valence electrons. The zero-order valence-corrected chi connectivity index (χ0v) is 22.8. The van der Waals surface area contributed by atoms with Crippen LogP contribution < -0.4 is 14.8 Å². The van der Waals surface area contributed by atoms with Crippen molar-refractivity contribution in [3.05, 3.63) is 93.5 Å². The number of ether oxygens (including phenoxy) is 1. The number of fused-ring (bicyclic) bond motifs is 1. The highest BCUT2D eigenvalue weighted by Gasteiger charge is 2.47. The van der Waals surface area contributed by atoms with E-state index in [-0.39, 0.29) is 41.9 Å². The molecule has 1 fully saturated rings. The molecule has 0 bridgehead atoms. The predicted molar refractivity (Wildman–Crippen MR) is 147 cm³/mol. The highest BCUT2D eigenvalue weighted by Crippen LogP contribution is 2.53. The molecule has 5 nitrogen and oxygen atoms in total. The van der Waals surface area contributed by atoms with Crippen LogP contribution in [0.15, 0.2) is 71.6 Å². The number of halogens is 3. The maximum Gasteiger partial charge on any atom is 0.240 e. The van der Waals surface area contributed by atoms with Crippen molar-refractivity contribution < 1.29 is 13.2 Å². The smallest absolute Gasteiger partial charge is 0.240 e. The Hall–Kier alpha value is -1.80. The second-order valence-electron chi connectivity index (χ2n) is 9.21. The normalized spacial score (nSPS) is 18.4. The number of sulfonamides is 1. The van der Waals surface area contributed by atoms with E-state index in [1.807, 2.05) is 18.2 Å². The van der Waals surface area contributed by atoms with Crippen molar-refractivity contribution in [1.82, 2.24) is 10.0 Å². The lowest BCUT2D eigenvalue weighted by atomic mass is 9.58. The van der Waals surface area contributed by atoms with Crippen molar-refractivity contribution >= 4 is 45.6 Å². The SMILES string of the molecule is Cl.O=S(=O)(NCCOc1ccc2c(c1)C(C1(c3ccc(Cl)cc3)CCC1)NCC2)c1ccc(Cl)cc1. The summed E-state index contributed by atoms with van der Waals surface area (Å²) in [6.07, 6.45) is 4.44. The van der Waals surface area contributed by atoms with Gasteiger partial charge in [-0.25, -0.2) is 13.1 Å². The van der Waals surface area contributed by atoms with Crippen LogP contribution in [0.3, 0.4) is 0 Å². The lowest BCUT2D eigenvalue weighted by Gasteiger charge is -2.50. The van der Waals surface area contributed by atoms with Gasteiger partial charge in [0.1, 0.15) is 12.4 Å². The molecule has 0 aromatic heterocycles. The van der Waals surface area contributed by atoms with Gasteiger partial charge in [-0.2, -0.15) is 0 Å². The quantitative estimate of drug-likeness (QED) is 0.324. The van der Waals surface area contributed by atoms with E-state index in [1.165, 1.54) is 35.2 Å². The van der Waals surface area contributed by atoms with Gasteiger partial charge in [-0.1, -0.05) is 47.8 Å². The van der Waals surface area contributed by atoms with Crippen molar-refractivity contribution in [1.29, 1.82) is 0 Å². The van der Waals surface area contributed by atoms with Crippen LogP contribution in [0.1, 0.15) is 42.0 Å². The Labute approximate surface area is 229 Å². The monoisotopic (exact) mass is 566 g/mol. The summed E-state index contributed by atoms with van der Waals surface area (Å²) in [5, 5.41) is 5.02. The van der Waals surface area contributed by atoms with E-state index in [4.69, 9.17) is 27.9 Å². The van der Waals surface area contributed by atoms with Gasteiger partial charge < -0.3 is 10.1 Å². The van der Waals surface area contributed by atoms with Crippen LogP contribution in [-0.4, -0.2) is 28.1 Å². The molecule has 0 amide bonds. The van der Waals surface area contributed by atoms with Crippen LogP contribution in [0.2, 0.25) is 10.0 Å². The van der Waals surface area contributed by atoms with Crippen LogP contribution >= 0.6 is 35.6 Å². The summed E-state index contributed by atoms with van der Waals surface area (Å²) in [4.78, 5) is 0.178. The molecule has 0 spiro atoms. The third-order valence-electron chi connectivity index (χ3n) is 7.18. The van der Waals surface area contributed by atoms with Gasteiger partial charge in [0.15, 0.2) is 0 Å². The standard InChI is InChI=1S/C27H28Cl2N2O3S.ClH/c28-21-5-3-20(4-6-21)27(13-1-14-27)26-25-18-23(9-2-19(25)12-15-30-26)34-17-16-31-35(32,33)24-10-7-22(29)8-11-24;/h2-11,18,26,30-31H,1,12-17H2;1H. The van der Waals surface area contributed by atoms with Crippen molar-refractivity contribution in [3.63, 3.8) is 0 Å². The summed E-state index contributed by atoms with van der Waals surface area (Å²) in [6.45, 7) is 1.34. The van der Waals surface area contributed by atoms with E-state index in [9.17, 15) is 8.42 Å². The van der Waals surface area contributed by atoms with Crippen LogP contribution in [-0.2, 0) is 21.9 Å². The minimum Gasteiger partial charge on any atom is -0.492 e. The average Bonchev–Trinajstić information content (AvgIpc) is 2.83. The highest BCUT2D eigenvalue weighted by atomic mass is 35.5. The van der Waals surface area contributed by atoms with Gasteiger partial charge in [-0.15, -0.1) is 12.4 Å². The summed E-state index contributed by atoms with van der Waals surface area (Å²) < 4.78 is 33.5. The fraction of sp³-hybridized carbons (Fsp3) is 0.333. The molecule has 1 unspecified atom stereocenters. The van der Waals surface area contributed by atoms with Crippen LogP contribution in [0.25, 0.3) is 0 Å². The largest absolute Gasteiger partial charge is 0.492 e. The van der Waals surface area contributed by atoms with E-state index in [1.54, 1.807) is 12.1 Å². The highest BCUT2D eigenvalue weighted by molar-refractivity contribution is 7.89. The Kier molecular flexibility index (Phi) is 8.55. The zero-order valence-electron chi connectivity index (χ0n) is 19.7. The topological polar surface area (TPSA) is 67.4 Å². The van der Waals surface area contributed by atoms with Crippen LogP contribution in [0.4, 0.5) is 0 Å². The molecule has 0 saturated heterocycles. The minimum atomic E-state index is -3.61. The zero-order chi connectivity index (χ0) is 24.5. The lowest BCUT2D eigenvalue weighted by Crippen LogP contribution is -2.49. The number of hydrogen-bond acceptors (Lipinski definition) is 4. The molecule has 3 aromatic carbocycles. The van der Waals surface area contributed by atoms with Crippen molar-refractivity contribution in [3.8, 4) is 5.75 Å². The number of hydrogen-bond donors (Lipinski definition) is 2. The number of benzene rings is 3. The van der Waals surface area contributed by atoms with Gasteiger partial charge in [-0.3, -0.25) is 0 Å². The molecule has 3 aromatic rings. The summed E-state index contributed by atoms with van der Waals surface area (Å²) >= 11 is 12.0. The Morgan fingerprint density at radius 3 is 2.28 bits per heavy atom. The Morgan fingerprint density at radius 2 is 1.64 bits per heavy atom. The van der Waals surface area contributed by atoms with Gasteiger partial charge in [0.2, 0.25) is 10.0 Å². The Balaban J connectivity index is 0.00000304. The Morgan fingerprint density at radius 1 is 0.972 bits per heavy atom. The van der Waals surface area contributed by atoms with Gasteiger partial charge in [0, 0.05) is 28.0 Å². The molecule has 2 N–H and O–H groups in total. The summed E-state index contributed by atoms with van der Waals surface area (Å²) in [5.74, 6) is 0.744. The maximum atomic E-state index is 12.5. The molecule has 5 rings (SSSR count). The summed E-state index contributed by atoms with van der Waals surface area (Å²) in [6, 6.07) is 20.8. The fourth-order valence-corrected chi connectivity index (χ4v) is 6.50. The lowest BCUT2D eigenvalue weighted by molar-refractivity contribution is 0.164. The predicted octanol–water partition coefficient (Wildman–Crippen LogP) is 6.08. The summed E-state index contributed by atoms with van der Waals surface area (Å²) in [5.41, 5.74) is 3.98. The van der Waals surface area contributed by atoms with Crippen molar-refractivity contribution in [2.24, 2.45) is 0 Å². The number of rotatable bonds is 8. The molecular formula is C27H29Cl3N2O3S. The molecule has 9 heteroatoms. The average molecular weight is 568 g/mol. The second-order valence-corrected chi connectivity index (χ2v) is 11.9. The van der Waals surface area contributed by atoms with Gasteiger partial charge in [-0.05, 0) is 91.0 Å². The first-order valence-corrected chi connectivity index (χ1v) is 14.1. The molecule has 2 aliphatic rings. The first kappa shape index (κ1) is 27.2. The van der Waals surface area contributed by atoms with Crippen LogP contribution in [0.5, 0.6) is 5.75 Å². The van der Waals surface area contributed by atoms with Crippen molar-refractivity contribution in [2.75, 3.05) is 19.7 Å². The van der Waals surface area contributed by atoms with E-state index in [2.05, 4.69) is 34.3 Å². The molecule has 36 heavy (non-hydrogen) atoms. The van der Waals surface area contributed by atoms with Gasteiger partial charge in [0.05, 0.1) is 4.90 Å². The van der Waals surface area contributed by atoms with Crippen LogP contribution in [0, 0.1) is 0 Å². The molecule has 1 aliphatic carbocycles. The Bertz CT molecular complexity index is 1290. The van der Waals surface area contributed by atoms with Crippen molar-refractivity contribution in [2.45, 2.75) is 42.0 Å². The first-order chi connectivity index (χ1) is 16.9. The molecule has 1 heterocycles. The van der Waals surface area contributed by atoms with Gasteiger partial charge in [0.25, 0.3) is 0 Å². The first-order valence-electron chi connectivity index (χ1n) is 11.9. The third-order valence-corrected chi connectivity index (χ3v) is 9.16. The van der Waals surface area contributed by atoms with E-state index in [0.717, 1.165) is 36.6 Å². The number of nitrogens with one attached hydrogen (secondary N) is 2. The van der Waals surface area contributed by atoms with Gasteiger partial charge >= 0.3 is 0 Å². The van der Waals surface area contributed by atoms with E-state index >= 15 is 0 Å². The molecule has 0 radical (unpaired) electrons. The second kappa shape index (κ2) is 11.3. The maximum absolute atomic E-state index is 12.5. The third kappa shape index (κ3) is 5.54. The molecular weight excluding hydrogens is 539 g/mol. The molecule has 1 atom stereocenters. The van der Waals surface area contributed by atoms with E-state index in [0.29, 0.717) is 5.02 Å². The molecule has 1 saturated carbocycles. The van der Waals surface area contributed by atoms with E-state index < -0.39 is 10.0 Å². The minimum absolute atomic E-state index is 0. The summed E-state index contributed by atoms with van der Waals surface area (Å²) in [7, 11) is -3.61. The molecule has 1 aliphatic heterocycles.